The molecule has 1 N–H and O–H groups in total. The van der Waals surface area contributed by atoms with E-state index in [0.717, 1.165) is 56.7 Å². The molecule has 0 aromatic rings. The molecule has 3 aliphatic rings. The van der Waals surface area contributed by atoms with E-state index in [2.05, 4.69) is 35.3 Å². The molecule has 1 atom stereocenters. The number of imide groups is 1. The SMILES string of the molecule is C=C/C(CCCN1CCN(C)CC1)=C1/CN(C2CCC(=O)NC2=O)C(=O)C1=C. The second-order valence-electron chi connectivity index (χ2n) is 7.83. The van der Waals surface area contributed by atoms with Crippen molar-refractivity contribution in [2.24, 2.45) is 0 Å². The quantitative estimate of drug-likeness (QED) is 0.537. The Balaban J connectivity index is 1.62. The van der Waals surface area contributed by atoms with E-state index < -0.39 is 11.9 Å². The zero-order valence-corrected chi connectivity index (χ0v) is 16.7. The Kier molecular flexibility index (Phi) is 6.46. The molecule has 0 aromatic carbocycles. The van der Waals surface area contributed by atoms with Crippen LogP contribution < -0.4 is 5.32 Å². The Morgan fingerprint density at radius 2 is 1.93 bits per heavy atom. The highest BCUT2D eigenvalue weighted by molar-refractivity contribution is 6.06. The van der Waals surface area contributed by atoms with Crippen molar-refractivity contribution >= 4 is 17.7 Å². The van der Waals surface area contributed by atoms with Crippen LogP contribution in [0, 0.1) is 0 Å². The van der Waals surface area contributed by atoms with Crippen LogP contribution in [-0.2, 0) is 14.4 Å². The lowest BCUT2D eigenvalue weighted by Crippen LogP contribution is -2.52. The van der Waals surface area contributed by atoms with Crippen LogP contribution in [0.2, 0.25) is 0 Å². The van der Waals surface area contributed by atoms with Crippen molar-refractivity contribution in [2.45, 2.75) is 31.7 Å². The van der Waals surface area contributed by atoms with Crippen LogP contribution in [0.15, 0.2) is 36.0 Å². The molecule has 3 aliphatic heterocycles. The van der Waals surface area contributed by atoms with E-state index in [-0.39, 0.29) is 18.2 Å². The van der Waals surface area contributed by atoms with Gasteiger partial charge in [-0.1, -0.05) is 19.2 Å². The number of nitrogens with zero attached hydrogens (tertiary/aromatic N) is 3. The molecule has 3 heterocycles. The molecule has 0 aliphatic carbocycles. The van der Waals surface area contributed by atoms with E-state index in [0.29, 0.717) is 18.5 Å². The van der Waals surface area contributed by atoms with Gasteiger partial charge in [0.1, 0.15) is 6.04 Å². The van der Waals surface area contributed by atoms with Crippen LogP contribution in [0.1, 0.15) is 25.7 Å². The maximum Gasteiger partial charge on any atom is 0.254 e. The lowest BCUT2D eigenvalue weighted by Gasteiger charge is -2.32. The smallest absolute Gasteiger partial charge is 0.254 e. The van der Waals surface area contributed by atoms with Gasteiger partial charge in [-0.25, -0.2) is 0 Å². The minimum atomic E-state index is -0.601. The van der Waals surface area contributed by atoms with Crippen LogP contribution in [0.25, 0.3) is 0 Å². The number of carbonyl (C=O) groups is 3. The lowest BCUT2D eigenvalue weighted by molar-refractivity contribution is -0.142. The van der Waals surface area contributed by atoms with Gasteiger partial charge in [-0.3, -0.25) is 19.7 Å². The van der Waals surface area contributed by atoms with Gasteiger partial charge < -0.3 is 14.7 Å². The summed E-state index contributed by atoms with van der Waals surface area (Å²) in [5.74, 6) is -0.894. The van der Waals surface area contributed by atoms with Crippen LogP contribution in [0.3, 0.4) is 0 Å². The van der Waals surface area contributed by atoms with Crippen molar-refractivity contribution in [1.29, 1.82) is 0 Å². The molecule has 28 heavy (non-hydrogen) atoms. The third kappa shape index (κ3) is 4.42. The third-order valence-electron chi connectivity index (χ3n) is 5.95. The van der Waals surface area contributed by atoms with Gasteiger partial charge >= 0.3 is 0 Å². The monoisotopic (exact) mass is 386 g/mol. The fourth-order valence-corrected chi connectivity index (χ4v) is 4.11. The van der Waals surface area contributed by atoms with E-state index in [1.54, 1.807) is 4.90 Å². The molecule has 7 heteroatoms. The summed E-state index contributed by atoms with van der Waals surface area (Å²) in [5, 5.41) is 2.33. The molecule has 7 nitrogen and oxygen atoms in total. The summed E-state index contributed by atoms with van der Waals surface area (Å²) < 4.78 is 0. The van der Waals surface area contributed by atoms with Crippen molar-refractivity contribution in [3.63, 3.8) is 0 Å². The van der Waals surface area contributed by atoms with Crippen molar-refractivity contribution < 1.29 is 14.4 Å². The molecule has 3 amide bonds. The summed E-state index contributed by atoms with van der Waals surface area (Å²) >= 11 is 0. The Morgan fingerprint density at radius 3 is 2.57 bits per heavy atom. The summed E-state index contributed by atoms with van der Waals surface area (Å²) in [7, 11) is 2.15. The van der Waals surface area contributed by atoms with E-state index in [4.69, 9.17) is 0 Å². The largest absolute Gasteiger partial charge is 0.322 e. The van der Waals surface area contributed by atoms with E-state index >= 15 is 0 Å². The number of nitrogens with one attached hydrogen (secondary N) is 1. The Hall–Kier alpha value is -2.25. The Morgan fingerprint density at radius 1 is 1.21 bits per heavy atom. The normalized spacial score (nSPS) is 26.6. The number of allylic oxidation sites excluding steroid dienone is 2. The van der Waals surface area contributed by atoms with Gasteiger partial charge in [-0.15, -0.1) is 0 Å². The Labute approximate surface area is 166 Å². The van der Waals surface area contributed by atoms with Gasteiger partial charge in [0.15, 0.2) is 0 Å². The van der Waals surface area contributed by atoms with Gasteiger partial charge in [-0.2, -0.15) is 0 Å². The first-order chi connectivity index (χ1) is 13.4. The number of hydrogen-bond acceptors (Lipinski definition) is 5. The second kappa shape index (κ2) is 8.84. The summed E-state index contributed by atoms with van der Waals surface area (Å²) in [6.45, 7) is 13.7. The van der Waals surface area contributed by atoms with Crippen LogP contribution in [0.4, 0.5) is 0 Å². The maximum atomic E-state index is 12.7. The first kappa shape index (κ1) is 20.5. The van der Waals surface area contributed by atoms with E-state index in [1.165, 1.54) is 0 Å². The highest BCUT2D eigenvalue weighted by Gasteiger charge is 2.40. The number of amides is 3. The fraction of sp³-hybridized carbons (Fsp3) is 0.571. The van der Waals surface area contributed by atoms with Gasteiger partial charge in [0, 0.05) is 44.7 Å². The average Bonchev–Trinajstić information content (AvgIpc) is 2.96. The summed E-state index contributed by atoms with van der Waals surface area (Å²) in [6.07, 6.45) is 4.26. The molecule has 3 saturated heterocycles. The topological polar surface area (TPSA) is 73.0 Å². The lowest BCUT2D eigenvalue weighted by atomic mass is 9.99. The number of piperidine rings is 1. The molecule has 3 rings (SSSR count). The van der Waals surface area contributed by atoms with Crippen molar-refractivity contribution in [3.8, 4) is 0 Å². The molecule has 0 spiro atoms. The minimum absolute atomic E-state index is 0.220. The number of likely N-dealkylation sites (N-methyl/N-ethyl adjacent to an activating group) is 1. The van der Waals surface area contributed by atoms with Gasteiger partial charge in [0.2, 0.25) is 11.8 Å². The number of piperazine rings is 1. The molecule has 0 radical (unpaired) electrons. The molecular formula is C21H30N4O3. The third-order valence-corrected chi connectivity index (χ3v) is 5.95. The van der Waals surface area contributed by atoms with E-state index in [1.807, 2.05) is 6.08 Å². The number of hydrogen-bond donors (Lipinski definition) is 1. The maximum absolute atomic E-state index is 12.7. The standard InChI is InChI=1S/C21H30N4O3/c1-4-16(6-5-9-24-12-10-23(3)11-13-24)17-14-25(21(28)15(17)2)18-7-8-19(26)22-20(18)27/h4,18H,1-2,5-14H2,3H3,(H,22,26,27)/b17-16+. The number of rotatable bonds is 6. The molecule has 0 aromatic heterocycles. The summed E-state index contributed by atoms with van der Waals surface area (Å²) in [4.78, 5) is 42.6. The van der Waals surface area contributed by atoms with Gasteiger partial charge in [0.25, 0.3) is 5.91 Å². The summed E-state index contributed by atoms with van der Waals surface area (Å²) in [5.41, 5.74) is 2.35. The molecule has 3 fully saturated rings. The fourth-order valence-electron chi connectivity index (χ4n) is 4.11. The van der Waals surface area contributed by atoms with Crippen molar-refractivity contribution in [2.75, 3.05) is 46.3 Å². The first-order valence-electron chi connectivity index (χ1n) is 10.00. The van der Waals surface area contributed by atoms with Crippen molar-refractivity contribution in [1.82, 2.24) is 20.0 Å². The molecule has 0 bridgehead atoms. The first-order valence-corrected chi connectivity index (χ1v) is 10.00. The zero-order chi connectivity index (χ0) is 20.3. The number of likely N-dealkylation sites (tertiary alicyclic amines) is 1. The average molecular weight is 386 g/mol. The molecule has 0 saturated carbocycles. The van der Waals surface area contributed by atoms with Gasteiger partial charge in [0.05, 0.1) is 0 Å². The predicted octanol–water partition coefficient (Wildman–Crippen LogP) is 0.700. The van der Waals surface area contributed by atoms with Crippen molar-refractivity contribution in [3.05, 3.63) is 36.0 Å². The van der Waals surface area contributed by atoms with Crippen LogP contribution in [0.5, 0.6) is 0 Å². The predicted molar refractivity (Wildman–Crippen MR) is 107 cm³/mol. The molecular weight excluding hydrogens is 356 g/mol. The van der Waals surface area contributed by atoms with E-state index in [9.17, 15) is 14.4 Å². The second-order valence-corrected chi connectivity index (χ2v) is 7.83. The minimum Gasteiger partial charge on any atom is -0.322 e. The highest BCUT2D eigenvalue weighted by Crippen LogP contribution is 2.30. The Bertz CT molecular complexity index is 719. The molecule has 152 valence electrons. The van der Waals surface area contributed by atoms with Gasteiger partial charge in [-0.05, 0) is 44.0 Å². The molecule has 1 unspecified atom stereocenters. The zero-order valence-electron chi connectivity index (χ0n) is 16.7. The summed E-state index contributed by atoms with van der Waals surface area (Å²) in [6, 6.07) is -0.601. The number of carbonyl (C=O) groups excluding carboxylic acids is 3. The highest BCUT2D eigenvalue weighted by atomic mass is 16.2. The van der Waals surface area contributed by atoms with Crippen LogP contribution in [-0.4, -0.2) is 84.8 Å². The van der Waals surface area contributed by atoms with Crippen LogP contribution >= 0.6 is 0 Å².